The number of carbonyl (C=O) groups excluding carboxylic acids is 1. The highest BCUT2D eigenvalue weighted by Crippen LogP contribution is 2.31. The topological polar surface area (TPSA) is 203 Å². The van der Waals surface area contributed by atoms with Crippen LogP contribution in [0.1, 0.15) is 24.5 Å². The Morgan fingerprint density at radius 2 is 2.14 bits per heavy atom. The Balaban J connectivity index is 2.03. The Bertz CT molecular complexity index is 846. The fraction of sp³-hybridized carbons (Fsp3) is 0.667. The van der Waals surface area contributed by atoms with Gasteiger partial charge in [-0.25, -0.2) is 4.79 Å². The van der Waals surface area contributed by atoms with Crippen molar-refractivity contribution in [3.63, 3.8) is 0 Å². The minimum Gasteiger partial charge on any atom is -0.394 e. The van der Waals surface area contributed by atoms with Gasteiger partial charge in [0.1, 0.15) is 24.4 Å². The van der Waals surface area contributed by atoms with Gasteiger partial charge in [0.2, 0.25) is 5.91 Å². The maximum atomic E-state index is 12.1. The Morgan fingerprint density at radius 1 is 1.39 bits per heavy atom. The Labute approximate surface area is 158 Å². The first-order chi connectivity index (χ1) is 13.4. The van der Waals surface area contributed by atoms with Crippen molar-refractivity contribution in [3.8, 4) is 0 Å². The summed E-state index contributed by atoms with van der Waals surface area (Å²) in [5.74, 6) is -0.339. The number of rotatable bonds is 9. The lowest BCUT2D eigenvalue weighted by molar-refractivity contribution is -0.121. The van der Waals surface area contributed by atoms with Crippen LogP contribution in [0.15, 0.2) is 20.9 Å². The van der Waals surface area contributed by atoms with Crippen molar-refractivity contribution in [1.82, 2.24) is 14.9 Å². The van der Waals surface area contributed by atoms with Crippen molar-refractivity contribution in [1.29, 1.82) is 0 Å². The van der Waals surface area contributed by atoms with Gasteiger partial charge in [-0.2, -0.15) is 0 Å². The zero-order valence-corrected chi connectivity index (χ0v) is 14.9. The van der Waals surface area contributed by atoms with Crippen LogP contribution in [-0.4, -0.2) is 68.8 Å². The van der Waals surface area contributed by atoms with Crippen molar-refractivity contribution in [2.24, 2.45) is 5.11 Å². The van der Waals surface area contributed by atoms with Crippen LogP contribution >= 0.6 is 0 Å². The minimum atomic E-state index is -1.46. The van der Waals surface area contributed by atoms with Gasteiger partial charge in [0.05, 0.1) is 12.2 Å². The average Bonchev–Trinajstić information content (AvgIpc) is 2.95. The van der Waals surface area contributed by atoms with Gasteiger partial charge < -0.3 is 25.4 Å². The number of nitrogens with one attached hydrogen (secondary N) is 2. The number of hydrogen-bond acceptors (Lipinski definition) is 8. The van der Waals surface area contributed by atoms with E-state index in [0.717, 1.165) is 10.8 Å². The molecule has 2 rings (SSSR count). The lowest BCUT2D eigenvalue weighted by Gasteiger charge is -2.15. The van der Waals surface area contributed by atoms with Gasteiger partial charge in [-0.15, -0.1) is 0 Å². The number of aromatic nitrogens is 2. The fourth-order valence-corrected chi connectivity index (χ4v) is 2.78. The highest BCUT2D eigenvalue weighted by molar-refractivity contribution is 5.75. The molecule has 1 amide bonds. The molecule has 28 heavy (non-hydrogen) atoms. The van der Waals surface area contributed by atoms with E-state index in [9.17, 15) is 24.6 Å². The number of aliphatic hydroxyl groups is 3. The molecule has 0 aromatic carbocycles. The molecule has 0 bridgehead atoms. The molecule has 0 radical (unpaired) electrons. The fourth-order valence-electron chi connectivity index (χ4n) is 2.78. The SMILES string of the molecule is [N-]=[N+]=NCCCNC(=O)CCn1cc([C@@H]2O[C@H](CO)[C@H](O)C2O)c(=O)[nH]c1=O. The molecule has 2 heterocycles. The first kappa shape index (κ1) is 21.6. The molecule has 1 saturated heterocycles. The second-order valence-corrected chi connectivity index (χ2v) is 6.20. The van der Waals surface area contributed by atoms with E-state index in [0.29, 0.717) is 13.0 Å². The summed E-state index contributed by atoms with van der Waals surface area (Å²) in [6.07, 6.45) is -3.54. The second kappa shape index (κ2) is 10.0. The molecule has 13 nitrogen and oxygen atoms in total. The molecule has 1 unspecified atom stereocenters. The van der Waals surface area contributed by atoms with Gasteiger partial charge >= 0.3 is 5.69 Å². The van der Waals surface area contributed by atoms with Crippen molar-refractivity contribution in [3.05, 3.63) is 43.0 Å². The van der Waals surface area contributed by atoms with Crippen LogP contribution in [-0.2, 0) is 16.1 Å². The summed E-state index contributed by atoms with van der Waals surface area (Å²) in [5.41, 5.74) is 6.52. The van der Waals surface area contributed by atoms with E-state index < -0.39 is 42.3 Å². The highest BCUT2D eigenvalue weighted by atomic mass is 16.6. The molecule has 13 heteroatoms. The van der Waals surface area contributed by atoms with Crippen LogP contribution < -0.4 is 16.6 Å². The van der Waals surface area contributed by atoms with E-state index in [1.54, 1.807) is 0 Å². The minimum absolute atomic E-state index is 0.0421. The van der Waals surface area contributed by atoms with Crippen LogP contribution in [0.2, 0.25) is 0 Å². The normalized spacial score (nSPS) is 24.0. The standard InChI is InChI=1S/C15H22N6O7/c16-20-18-4-1-3-17-10(23)2-5-21-6-8(14(26)19-15(21)27)13-12(25)11(24)9(7-22)28-13/h6,9,11-13,22,24-25H,1-5,7H2,(H,17,23)(H,19,26,27)/t9-,11+,12?,13+/m1/s1. The molecular formula is C15H22N6O7. The lowest BCUT2D eigenvalue weighted by atomic mass is 10.0. The molecule has 0 saturated carbocycles. The van der Waals surface area contributed by atoms with Crippen LogP contribution in [0.3, 0.4) is 0 Å². The molecule has 154 valence electrons. The maximum absolute atomic E-state index is 12.1. The van der Waals surface area contributed by atoms with Crippen LogP contribution in [0.4, 0.5) is 0 Å². The number of hydrogen-bond donors (Lipinski definition) is 5. The van der Waals surface area contributed by atoms with Crippen LogP contribution in [0, 0.1) is 0 Å². The number of nitrogens with zero attached hydrogens (tertiary/aromatic N) is 4. The molecule has 1 aliphatic rings. The largest absolute Gasteiger partial charge is 0.394 e. The third kappa shape index (κ3) is 5.18. The van der Waals surface area contributed by atoms with Crippen molar-refractivity contribution in [2.75, 3.05) is 19.7 Å². The molecule has 1 aromatic rings. The molecule has 4 atom stereocenters. The smallest absolute Gasteiger partial charge is 0.328 e. The van der Waals surface area contributed by atoms with Crippen LogP contribution in [0.5, 0.6) is 0 Å². The molecular weight excluding hydrogens is 376 g/mol. The van der Waals surface area contributed by atoms with Gasteiger partial charge in [0.15, 0.2) is 0 Å². The van der Waals surface area contributed by atoms with E-state index in [2.05, 4.69) is 20.3 Å². The van der Waals surface area contributed by atoms with Gasteiger partial charge in [0, 0.05) is 37.2 Å². The van der Waals surface area contributed by atoms with Gasteiger partial charge in [-0.1, -0.05) is 5.11 Å². The maximum Gasteiger partial charge on any atom is 0.328 e. The van der Waals surface area contributed by atoms with E-state index >= 15 is 0 Å². The number of aryl methyl sites for hydroxylation is 1. The predicted octanol–water partition coefficient (Wildman–Crippen LogP) is -2.10. The van der Waals surface area contributed by atoms with E-state index in [-0.39, 0.29) is 31.0 Å². The number of azide groups is 1. The monoisotopic (exact) mass is 398 g/mol. The number of ether oxygens (including phenoxy) is 1. The number of aromatic amines is 1. The zero-order valence-electron chi connectivity index (χ0n) is 14.9. The summed E-state index contributed by atoms with van der Waals surface area (Å²) in [6.45, 7) is -0.0260. The first-order valence-electron chi connectivity index (χ1n) is 8.62. The van der Waals surface area contributed by atoms with Crippen LogP contribution in [0.25, 0.3) is 10.4 Å². The van der Waals surface area contributed by atoms with E-state index in [1.807, 2.05) is 0 Å². The Hall–Kier alpha value is -2.70. The Morgan fingerprint density at radius 3 is 2.79 bits per heavy atom. The number of H-pyrrole nitrogens is 1. The van der Waals surface area contributed by atoms with Crippen molar-refractivity contribution in [2.45, 2.75) is 43.8 Å². The number of carbonyl (C=O) groups is 1. The van der Waals surface area contributed by atoms with E-state index in [4.69, 9.17) is 15.4 Å². The summed E-state index contributed by atoms with van der Waals surface area (Å²) in [6, 6.07) is 0. The summed E-state index contributed by atoms with van der Waals surface area (Å²) < 4.78 is 6.40. The quantitative estimate of drug-likeness (QED) is 0.135. The lowest BCUT2D eigenvalue weighted by Crippen LogP contribution is -2.36. The van der Waals surface area contributed by atoms with Crippen molar-refractivity contribution >= 4 is 5.91 Å². The summed E-state index contributed by atoms with van der Waals surface area (Å²) in [7, 11) is 0. The summed E-state index contributed by atoms with van der Waals surface area (Å²) in [4.78, 5) is 40.5. The molecule has 0 aliphatic carbocycles. The first-order valence-corrected chi connectivity index (χ1v) is 8.62. The third-order valence-electron chi connectivity index (χ3n) is 4.29. The van der Waals surface area contributed by atoms with Gasteiger partial charge in [-0.3, -0.25) is 19.1 Å². The third-order valence-corrected chi connectivity index (χ3v) is 4.29. The molecule has 1 fully saturated rings. The van der Waals surface area contributed by atoms with E-state index in [1.165, 1.54) is 0 Å². The average molecular weight is 398 g/mol. The molecule has 0 spiro atoms. The summed E-state index contributed by atoms with van der Waals surface area (Å²) in [5, 5.41) is 35.0. The van der Waals surface area contributed by atoms with Crippen molar-refractivity contribution < 1.29 is 24.9 Å². The Kier molecular flexibility index (Phi) is 7.72. The number of aliphatic hydroxyl groups excluding tert-OH is 3. The highest BCUT2D eigenvalue weighted by Gasteiger charge is 2.44. The summed E-state index contributed by atoms with van der Waals surface area (Å²) >= 11 is 0. The van der Waals surface area contributed by atoms with Gasteiger partial charge in [0.25, 0.3) is 5.56 Å². The zero-order chi connectivity index (χ0) is 20.7. The second-order valence-electron chi connectivity index (χ2n) is 6.20. The van der Waals surface area contributed by atoms with Gasteiger partial charge in [-0.05, 0) is 12.0 Å². The molecule has 1 aromatic heterocycles. The molecule has 5 N–H and O–H groups in total. The predicted molar refractivity (Wildman–Crippen MR) is 94.3 cm³/mol. The number of amides is 1. The molecule has 1 aliphatic heterocycles.